The van der Waals surface area contributed by atoms with E-state index in [1.54, 1.807) is 11.0 Å². The Hall–Kier alpha value is -1.43. The zero-order chi connectivity index (χ0) is 12.7. The van der Waals surface area contributed by atoms with E-state index in [1.807, 2.05) is 6.92 Å². The molecule has 0 aliphatic carbocycles. The number of piperidine rings is 1. The predicted molar refractivity (Wildman–Crippen MR) is 65.6 cm³/mol. The van der Waals surface area contributed by atoms with Crippen LogP contribution in [0.1, 0.15) is 38.6 Å². The maximum atomic E-state index is 12.6. The fourth-order valence-electron chi connectivity index (χ4n) is 3.33. The Bertz CT molecular complexity index is 418. The van der Waals surface area contributed by atoms with Crippen molar-refractivity contribution in [3.63, 3.8) is 0 Å². The van der Waals surface area contributed by atoms with Gasteiger partial charge < -0.3 is 10.6 Å². The van der Waals surface area contributed by atoms with Gasteiger partial charge in [0.15, 0.2) is 0 Å². The van der Waals surface area contributed by atoms with Crippen molar-refractivity contribution in [3.8, 4) is 0 Å². The third-order valence-corrected chi connectivity index (χ3v) is 4.21. The van der Waals surface area contributed by atoms with Gasteiger partial charge in [-0.25, -0.2) is 9.67 Å². The van der Waals surface area contributed by atoms with Crippen molar-refractivity contribution in [2.24, 2.45) is 5.73 Å². The Morgan fingerprint density at radius 3 is 2.61 bits per heavy atom. The van der Waals surface area contributed by atoms with E-state index >= 15 is 0 Å². The highest BCUT2D eigenvalue weighted by molar-refractivity contribution is 5.81. The van der Waals surface area contributed by atoms with Gasteiger partial charge in [-0.15, -0.1) is 0 Å². The van der Waals surface area contributed by atoms with Crippen molar-refractivity contribution >= 4 is 5.91 Å². The van der Waals surface area contributed by atoms with Crippen molar-refractivity contribution in [2.75, 3.05) is 0 Å². The lowest BCUT2D eigenvalue weighted by Crippen LogP contribution is -2.51. The normalized spacial score (nSPS) is 32.6. The maximum Gasteiger partial charge on any atom is 0.247 e. The molecule has 6 nitrogen and oxygen atoms in total. The number of hydrogen-bond donors (Lipinski definition) is 1. The number of nitrogens with two attached hydrogens (primary N) is 1. The van der Waals surface area contributed by atoms with Crippen LogP contribution >= 0.6 is 0 Å². The van der Waals surface area contributed by atoms with Crippen molar-refractivity contribution in [3.05, 3.63) is 12.7 Å². The third-order valence-electron chi connectivity index (χ3n) is 4.21. The molecule has 6 heteroatoms. The fourth-order valence-corrected chi connectivity index (χ4v) is 3.33. The number of carbonyl (C=O) groups is 1. The Morgan fingerprint density at radius 1 is 1.39 bits per heavy atom. The summed E-state index contributed by atoms with van der Waals surface area (Å²) in [6, 6.07) is 0.646. The summed E-state index contributed by atoms with van der Waals surface area (Å²) in [6.07, 6.45) is 7.12. The quantitative estimate of drug-likeness (QED) is 0.819. The van der Waals surface area contributed by atoms with Crippen LogP contribution in [-0.2, 0) is 4.79 Å². The highest BCUT2D eigenvalue weighted by Crippen LogP contribution is 2.36. The molecular formula is C12H19N5O. The van der Waals surface area contributed by atoms with E-state index < -0.39 is 0 Å². The van der Waals surface area contributed by atoms with Crippen LogP contribution in [0.4, 0.5) is 0 Å². The lowest BCUT2D eigenvalue weighted by molar-refractivity contribution is -0.139. The van der Waals surface area contributed by atoms with Gasteiger partial charge in [0.05, 0.1) is 0 Å². The number of hydrogen-bond acceptors (Lipinski definition) is 4. The summed E-state index contributed by atoms with van der Waals surface area (Å²) in [7, 11) is 0. The van der Waals surface area contributed by atoms with Crippen LogP contribution < -0.4 is 5.73 Å². The second-order valence-corrected chi connectivity index (χ2v) is 5.41. The van der Waals surface area contributed by atoms with E-state index in [-0.39, 0.29) is 18.0 Å². The average Bonchev–Trinajstić information content (AvgIpc) is 2.95. The zero-order valence-electron chi connectivity index (χ0n) is 10.6. The van der Waals surface area contributed by atoms with Crippen LogP contribution in [0, 0.1) is 0 Å². The minimum absolute atomic E-state index is 0.153. The Balaban J connectivity index is 1.77. The molecule has 98 valence electrons. The molecule has 2 aliphatic heterocycles. The third kappa shape index (κ3) is 1.80. The van der Waals surface area contributed by atoms with Gasteiger partial charge in [-0.1, -0.05) is 0 Å². The highest BCUT2D eigenvalue weighted by Gasteiger charge is 2.43. The number of amides is 1. The number of carbonyl (C=O) groups excluding carboxylic acids is 1. The summed E-state index contributed by atoms with van der Waals surface area (Å²) in [6.45, 7) is 1.88. The Morgan fingerprint density at radius 2 is 2.06 bits per heavy atom. The summed E-state index contributed by atoms with van der Waals surface area (Å²) in [5, 5.41) is 4.05. The maximum absolute atomic E-state index is 12.6. The number of aromatic nitrogens is 3. The van der Waals surface area contributed by atoms with Gasteiger partial charge in [0.1, 0.15) is 18.7 Å². The monoisotopic (exact) mass is 249 g/mol. The molecule has 2 N–H and O–H groups in total. The highest BCUT2D eigenvalue weighted by atomic mass is 16.2. The van der Waals surface area contributed by atoms with Crippen molar-refractivity contribution in [1.82, 2.24) is 19.7 Å². The molecule has 1 aromatic heterocycles. The first-order valence-corrected chi connectivity index (χ1v) is 6.58. The second kappa shape index (κ2) is 4.35. The number of rotatable bonds is 2. The molecule has 2 bridgehead atoms. The largest absolute Gasteiger partial charge is 0.335 e. The van der Waals surface area contributed by atoms with Crippen LogP contribution in [0.15, 0.2) is 12.7 Å². The molecule has 1 amide bonds. The molecule has 3 rings (SSSR count). The van der Waals surface area contributed by atoms with Gasteiger partial charge in [-0.2, -0.15) is 5.10 Å². The summed E-state index contributed by atoms with van der Waals surface area (Å²) in [4.78, 5) is 18.5. The molecule has 18 heavy (non-hydrogen) atoms. The van der Waals surface area contributed by atoms with E-state index in [9.17, 15) is 4.79 Å². The minimum atomic E-state index is -0.273. The topological polar surface area (TPSA) is 77.0 Å². The molecule has 3 atom stereocenters. The van der Waals surface area contributed by atoms with E-state index in [4.69, 9.17) is 5.73 Å². The fraction of sp³-hybridized carbons (Fsp3) is 0.750. The lowest BCUT2D eigenvalue weighted by atomic mass is 9.97. The molecule has 3 unspecified atom stereocenters. The standard InChI is InChI=1S/C12H19N5O/c1-8(16-7-14-6-15-16)12(18)17-10-2-3-11(17)5-9(13)4-10/h6-11H,2-5,13H2,1H3. The zero-order valence-corrected chi connectivity index (χ0v) is 10.6. The van der Waals surface area contributed by atoms with Gasteiger partial charge in [0.2, 0.25) is 5.91 Å². The van der Waals surface area contributed by atoms with E-state index in [1.165, 1.54) is 6.33 Å². The molecule has 0 radical (unpaired) electrons. The number of nitrogens with zero attached hydrogens (tertiary/aromatic N) is 4. The summed E-state index contributed by atoms with van der Waals surface area (Å²) >= 11 is 0. The number of fused-ring (bicyclic) bond motifs is 2. The van der Waals surface area contributed by atoms with E-state index in [0.717, 1.165) is 25.7 Å². The first-order valence-electron chi connectivity index (χ1n) is 6.58. The summed E-state index contributed by atoms with van der Waals surface area (Å²) < 4.78 is 1.62. The molecule has 3 heterocycles. The molecule has 2 aliphatic rings. The van der Waals surface area contributed by atoms with E-state index in [0.29, 0.717) is 12.1 Å². The molecule has 0 aromatic carbocycles. The molecule has 2 saturated heterocycles. The predicted octanol–water partition coefficient (Wildman–Crippen LogP) is 0.320. The van der Waals surface area contributed by atoms with Gasteiger partial charge in [0, 0.05) is 18.1 Å². The van der Waals surface area contributed by atoms with Crippen molar-refractivity contribution < 1.29 is 4.79 Å². The van der Waals surface area contributed by atoms with Crippen LogP contribution in [0.3, 0.4) is 0 Å². The van der Waals surface area contributed by atoms with Gasteiger partial charge in [-0.05, 0) is 32.6 Å². The van der Waals surface area contributed by atoms with Crippen LogP contribution in [0.2, 0.25) is 0 Å². The minimum Gasteiger partial charge on any atom is -0.335 e. The van der Waals surface area contributed by atoms with Gasteiger partial charge in [0.25, 0.3) is 0 Å². The van der Waals surface area contributed by atoms with Crippen LogP contribution in [-0.4, -0.2) is 43.7 Å². The first kappa shape index (κ1) is 11.6. The van der Waals surface area contributed by atoms with Gasteiger partial charge >= 0.3 is 0 Å². The van der Waals surface area contributed by atoms with Gasteiger partial charge in [-0.3, -0.25) is 4.79 Å². The second-order valence-electron chi connectivity index (χ2n) is 5.41. The Labute approximate surface area is 106 Å². The van der Waals surface area contributed by atoms with E-state index in [2.05, 4.69) is 15.0 Å². The molecular weight excluding hydrogens is 230 g/mol. The lowest BCUT2D eigenvalue weighted by Gasteiger charge is -2.39. The summed E-state index contributed by atoms with van der Waals surface area (Å²) in [5.41, 5.74) is 6.02. The molecule has 0 spiro atoms. The van der Waals surface area contributed by atoms with Crippen molar-refractivity contribution in [2.45, 2.75) is 56.8 Å². The van der Waals surface area contributed by atoms with Crippen molar-refractivity contribution in [1.29, 1.82) is 0 Å². The summed E-state index contributed by atoms with van der Waals surface area (Å²) in [5.74, 6) is 0.153. The average molecular weight is 249 g/mol. The Kier molecular flexibility index (Phi) is 2.81. The smallest absolute Gasteiger partial charge is 0.247 e. The van der Waals surface area contributed by atoms with Crippen LogP contribution in [0.5, 0.6) is 0 Å². The molecule has 0 saturated carbocycles. The molecule has 2 fully saturated rings. The first-order chi connectivity index (χ1) is 8.66. The van der Waals surface area contributed by atoms with Crippen LogP contribution in [0.25, 0.3) is 0 Å². The molecule has 1 aromatic rings. The SMILES string of the molecule is CC(C(=O)N1C2CCC1CC(N)C2)n1cncn1.